The summed E-state index contributed by atoms with van der Waals surface area (Å²) in [6.07, 6.45) is -0.245. The Balaban J connectivity index is 1.49. The number of H-pyrrole nitrogens is 1. The molecule has 3 rings (SSSR count). The van der Waals surface area contributed by atoms with Gasteiger partial charge >= 0.3 is 6.18 Å². The molecule has 0 atom stereocenters. The normalized spacial score (nSPS) is 11.7. The van der Waals surface area contributed by atoms with E-state index < -0.39 is 23.6 Å². The van der Waals surface area contributed by atoms with Gasteiger partial charge in [-0.1, -0.05) is 12.1 Å². The van der Waals surface area contributed by atoms with Gasteiger partial charge in [-0.3, -0.25) is 14.7 Å². The number of hydrogen-bond donors (Lipinski definition) is 3. The summed E-state index contributed by atoms with van der Waals surface area (Å²) in [7, 11) is 0. The zero-order valence-electron chi connectivity index (χ0n) is 14.4. The smallest absolute Gasteiger partial charge is 0.343 e. The fourth-order valence-electron chi connectivity index (χ4n) is 2.40. The van der Waals surface area contributed by atoms with Crippen molar-refractivity contribution in [3.05, 3.63) is 65.9 Å². The molecule has 0 aliphatic rings. The molecule has 0 saturated carbocycles. The van der Waals surface area contributed by atoms with E-state index in [1.807, 2.05) is 0 Å². The number of rotatable bonds is 5. The van der Waals surface area contributed by atoms with Crippen molar-refractivity contribution < 1.29 is 22.8 Å². The molecule has 6 nitrogen and oxygen atoms in total. The summed E-state index contributed by atoms with van der Waals surface area (Å²) in [5, 5.41) is 12.6. The zero-order chi connectivity index (χ0) is 20.1. The van der Waals surface area contributed by atoms with Gasteiger partial charge in [-0.15, -0.1) is 0 Å². The topological polar surface area (TPSA) is 86.9 Å². The molecule has 1 heterocycles. The minimum atomic E-state index is -4.41. The predicted molar refractivity (Wildman–Crippen MR) is 98.2 cm³/mol. The van der Waals surface area contributed by atoms with Crippen molar-refractivity contribution in [2.24, 2.45) is 0 Å². The molecule has 0 radical (unpaired) electrons. The number of carbonyl (C=O) groups excluding carboxylic acids is 2. The Kier molecular flexibility index (Phi) is 5.44. The third-order valence-corrected chi connectivity index (χ3v) is 3.81. The monoisotopic (exact) mass is 388 g/mol. The second kappa shape index (κ2) is 7.95. The number of halogens is 3. The van der Waals surface area contributed by atoms with E-state index in [2.05, 4.69) is 20.8 Å². The number of amides is 2. The molecule has 0 spiro atoms. The molecule has 1 aromatic heterocycles. The summed E-state index contributed by atoms with van der Waals surface area (Å²) in [6.45, 7) is -0.253. The van der Waals surface area contributed by atoms with E-state index in [1.165, 1.54) is 18.2 Å². The van der Waals surface area contributed by atoms with Gasteiger partial charge in [-0.25, -0.2) is 0 Å². The van der Waals surface area contributed by atoms with Gasteiger partial charge in [-0.2, -0.15) is 18.3 Å². The molecule has 0 fully saturated rings. The van der Waals surface area contributed by atoms with Crippen molar-refractivity contribution in [1.82, 2.24) is 15.5 Å². The summed E-state index contributed by atoms with van der Waals surface area (Å²) >= 11 is 0. The number of carbonyl (C=O) groups is 2. The third kappa shape index (κ3) is 4.97. The minimum absolute atomic E-state index is 0.253. The van der Waals surface area contributed by atoms with E-state index in [0.29, 0.717) is 11.3 Å². The standard InChI is InChI=1S/C19H15F3N4O2/c20-19(21,22)14-5-1-12(2-6-14)3-8-17(27)23-11-18(28)25-15-7-4-13-10-24-26-16(13)9-15/h1-10H,11H2,(H,23,27)(H,24,26)(H,25,28)/b8-3-. The van der Waals surface area contributed by atoms with Crippen LogP contribution in [0.25, 0.3) is 17.0 Å². The summed E-state index contributed by atoms with van der Waals surface area (Å²) in [6, 6.07) is 9.59. The van der Waals surface area contributed by atoms with Gasteiger partial charge in [0.2, 0.25) is 11.8 Å². The lowest BCUT2D eigenvalue weighted by Gasteiger charge is -2.06. The molecule has 2 amide bonds. The number of anilines is 1. The Morgan fingerprint density at radius 2 is 1.86 bits per heavy atom. The maximum atomic E-state index is 12.5. The predicted octanol–water partition coefficient (Wildman–Crippen LogP) is 3.35. The zero-order valence-corrected chi connectivity index (χ0v) is 14.4. The highest BCUT2D eigenvalue weighted by molar-refractivity contribution is 5.98. The maximum absolute atomic E-state index is 12.5. The van der Waals surface area contributed by atoms with Crippen molar-refractivity contribution in [2.45, 2.75) is 6.18 Å². The van der Waals surface area contributed by atoms with E-state index in [4.69, 9.17) is 0 Å². The number of benzene rings is 2. The van der Waals surface area contributed by atoms with Gasteiger partial charge < -0.3 is 10.6 Å². The summed E-state index contributed by atoms with van der Waals surface area (Å²) in [5.74, 6) is -0.964. The fourth-order valence-corrected chi connectivity index (χ4v) is 2.40. The number of aromatic nitrogens is 2. The van der Waals surface area contributed by atoms with Crippen LogP contribution in [0.5, 0.6) is 0 Å². The van der Waals surface area contributed by atoms with E-state index >= 15 is 0 Å². The van der Waals surface area contributed by atoms with E-state index in [-0.39, 0.29) is 6.54 Å². The van der Waals surface area contributed by atoms with Crippen LogP contribution in [0.4, 0.5) is 18.9 Å². The van der Waals surface area contributed by atoms with Crippen LogP contribution in [0.1, 0.15) is 11.1 Å². The summed E-state index contributed by atoms with van der Waals surface area (Å²) in [5.41, 5.74) is 0.983. The van der Waals surface area contributed by atoms with Crippen LogP contribution in [-0.4, -0.2) is 28.6 Å². The van der Waals surface area contributed by atoms with Gasteiger partial charge in [0.15, 0.2) is 0 Å². The minimum Gasteiger partial charge on any atom is -0.343 e. The van der Waals surface area contributed by atoms with Crippen molar-refractivity contribution in [3.8, 4) is 0 Å². The lowest BCUT2D eigenvalue weighted by atomic mass is 10.1. The molecule has 0 bridgehead atoms. The first kappa shape index (κ1) is 19.2. The van der Waals surface area contributed by atoms with Gasteiger partial charge in [-0.05, 0) is 42.0 Å². The molecular formula is C19H15F3N4O2. The van der Waals surface area contributed by atoms with Crippen LogP contribution in [-0.2, 0) is 15.8 Å². The molecule has 3 aromatic rings. The average Bonchev–Trinajstić information content (AvgIpc) is 3.12. The molecule has 0 aliphatic heterocycles. The van der Waals surface area contributed by atoms with Crippen molar-refractivity contribution >= 4 is 34.5 Å². The number of alkyl halides is 3. The number of aromatic amines is 1. The number of hydrogen-bond acceptors (Lipinski definition) is 3. The SMILES string of the molecule is O=C(/C=C\c1ccc(C(F)(F)F)cc1)NCC(=O)Nc1ccc2cn[nH]c2c1. The number of nitrogens with one attached hydrogen (secondary N) is 3. The Hall–Kier alpha value is -3.62. The Morgan fingerprint density at radius 1 is 1.11 bits per heavy atom. The summed E-state index contributed by atoms with van der Waals surface area (Å²) in [4.78, 5) is 23.7. The van der Waals surface area contributed by atoms with E-state index in [9.17, 15) is 22.8 Å². The highest BCUT2D eigenvalue weighted by atomic mass is 19.4. The second-order valence-corrected chi connectivity index (χ2v) is 5.89. The van der Waals surface area contributed by atoms with Gasteiger partial charge in [0, 0.05) is 17.1 Å². The third-order valence-electron chi connectivity index (χ3n) is 3.81. The lowest BCUT2D eigenvalue weighted by Crippen LogP contribution is -2.31. The first-order valence-corrected chi connectivity index (χ1v) is 8.17. The largest absolute Gasteiger partial charge is 0.416 e. The van der Waals surface area contributed by atoms with Crippen LogP contribution in [0.3, 0.4) is 0 Å². The Morgan fingerprint density at radius 3 is 2.57 bits per heavy atom. The lowest BCUT2D eigenvalue weighted by molar-refractivity contribution is -0.137. The first-order valence-electron chi connectivity index (χ1n) is 8.17. The van der Waals surface area contributed by atoms with Crippen molar-refractivity contribution in [2.75, 3.05) is 11.9 Å². The van der Waals surface area contributed by atoms with Crippen LogP contribution in [0.15, 0.2) is 54.7 Å². The Bertz CT molecular complexity index is 1020. The van der Waals surface area contributed by atoms with Crippen LogP contribution in [0, 0.1) is 0 Å². The maximum Gasteiger partial charge on any atom is 0.416 e. The van der Waals surface area contributed by atoms with Crippen LogP contribution in [0.2, 0.25) is 0 Å². The van der Waals surface area contributed by atoms with E-state index in [0.717, 1.165) is 29.1 Å². The van der Waals surface area contributed by atoms with Crippen LogP contribution >= 0.6 is 0 Å². The molecule has 0 saturated heterocycles. The van der Waals surface area contributed by atoms with Crippen LogP contribution < -0.4 is 10.6 Å². The van der Waals surface area contributed by atoms with Gasteiger partial charge in [0.1, 0.15) is 0 Å². The Labute approximate surface area is 157 Å². The van der Waals surface area contributed by atoms with Crippen molar-refractivity contribution in [1.29, 1.82) is 0 Å². The molecule has 3 N–H and O–H groups in total. The first-order chi connectivity index (χ1) is 13.3. The highest BCUT2D eigenvalue weighted by Crippen LogP contribution is 2.29. The molecule has 0 aliphatic carbocycles. The van der Waals surface area contributed by atoms with E-state index in [1.54, 1.807) is 24.4 Å². The molecule has 144 valence electrons. The quantitative estimate of drug-likeness (QED) is 0.586. The van der Waals surface area contributed by atoms with Gasteiger partial charge in [0.05, 0.1) is 23.8 Å². The second-order valence-electron chi connectivity index (χ2n) is 5.89. The molecule has 9 heteroatoms. The van der Waals surface area contributed by atoms with Crippen molar-refractivity contribution in [3.63, 3.8) is 0 Å². The summed E-state index contributed by atoms with van der Waals surface area (Å²) < 4.78 is 37.5. The molecule has 2 aromatic carbocycles. The fraction of sp³-hybridized carbons (Fsp3) is 0.105. The molecule has 28 heavy (non-hydrogen) atoms. The molecular weight excluding hydrogens is 373 g/mol. The average molecular weight is 388 g/mol. The number of fused-ring (bicyclic) bond motifs is 1. The highest BCUT2D eigenvalue weighted by Gasteiger charge is 2.29. The molecule has 0 unspecified atom stereocenters. The number of nitrogens with zero attached hydrogens (tertiary/aromatic N) is 1. The van der Waals surface area contributed by atoms with Gasteiger partial charge in [0.25, 0.3) is 0 Å².